The maximum atomic E-state index is 11.5. The zero-order valence-electron chi connectivity index (χ0n) is 12.1. The van der Waals surface area contributed by atoms with E-state index in [1.54, 1.807) is 32.4 Å². The van der Waals surface area contributed by atoms with Crippen molar-refractivity contribution in [1.82, 2.24) is 5.32 Å². The number of hydrogen-bond donors (Lipinski definition) is 2. The standard InChI is InChI=1S/C16H18N2O3/c1-18-16(19)12-6-7-15(14(17)9-12)21-10-11-4-3-5-13(8-11)20-2/h3-9H,10,17H2,1-2H3,(H,18,19). The summed E-state index contributed by atoms with van der Waals surface area (Å²) in [5.41, 5.74) is 7.81. The summed E-state index contributed by atoms with van der Waals surface area (Å²) < 4.78 is 10.8. The minimum atomic E-state index is -0.180. The lowest BCUT2D eigenvalue weighted by molar-refractivity contribution is 0.0963. The van der Waals surface area contributed by atoms with Gasteiger partial charge in [-0.1, -0.05) is 12.1 Å². The number of carbonyl (C=O) groups is 1. The van der Waals surface area contributed by atoms with Crippen LogP contribution in [0.25, 0.3) is 0 Å². The number of rotatable bonds is 5. The molecule has 0 fully saturated rings. The third-order valence-corrected chi connectivity index (χ3v) is 3.03. The van der Waals surface area contributed by atoms with Gasteiger partial charge in [0.25, 0.3) is 5.91 Å². The summed E-state index contributed by atoms with van der Waals surface area (Å²) in [6.07, 6.45) is 0. The number of anilines is 1. The summed E-state index contributed by atoms with van der Waals surface area (Å²) in [5, 5.41) is 2.55. The van der Waals surface area contributed by atoms with E-state index >= 15 is 0 Å². The van der Waals surface area contributed by atoms with Gasteiger partial charge in [-0.05, 0) is 35.9 Å². The molecule has 21 heavy (non-hydrogen) atoms. The highest BCUT2D eigenvalue weighted by molar-refractivity contribution is 5.95. The molecule has 0 saturated heterocycles. The lowest BCUT2D eigenvalue weighted by Crippen LogP contribution is -2.17. The first-order valence-electron chi connectivity index (χ1n) is 6.51. The van der Waals surface area contributed by atoms with E-state index in [4.69, 9.17) is 15.2 Å². The Hall–Kier alpha value is -2.69. The van der Waals surface area contributed by atoms with Gasteiger partial charge in [0.1, 0.15) is 18.1 Å². The van der Waals surface area contributed by atoms with Crippen molar-refractivity contribution in [2.24, 2.45) is 0 Å². The molecule has 0 aromatic heterocycles. The van der Waals surface area contributed by atoms with E-state index < -0.39 is 0 Å². The van der Waals surface area contributed by atoms with E-state index in [0.29, 0.717) is 23.6 Å². The summed E-state index contributed by atoms with van der Waals surface area (Å²) in [4.78, 5) is 11.5. The first-order chi connectivity index (χ1) is 10.1. The van der Waals surface area contributed by atoms with Crippen LogP contribution in [0.5, 0.6) is 11.5 Å². The van der Waals surface area contributed by atoms with Crippen molar-refractivity contribution >= 4 is 11.6 Å². The molecule has 5 nitrogen and oxygen atoms in total. The molecular weight excluding hydrogens is 268 g/mol. The van der Waals surface area contributed by atoms with Crippen LogP contribution >= 0.6 is 0 Å². The number of ether oxygens (including phenoxy) is 2. The number of carbonyl (C=O) groups excluding carboxylic acids is 1. The van der Waals surface area contributed by atoms with E-state index in [1.165, 1.54) is 0 Å². The maximum absolute atomic E-state index is 11.5. The number of benzene rings is 2. The first-order valence-corrected chi connectivity index (χ1v) is 6.51. The van der Waals surface area contributed by atoms with Gasteiger partial charge in [-0.2, -0.15) is 0 Å². The quantitative estimate of drug-likeness (QED) is 0.827. The topological polar surface area (TPSA) is 73.6 Å². The summed E-state index contributed by atoms with van der Waals surface area (Å²) in [6.45, 7) is 0.376. The monoisotopic (exact) mass is 286 g/mol. The van der Waals surface area contributed by atoms with Gasteiger partial charge < -0.3 is 20.5 Å². The van der Waals surface area contributed by atoms with Crippen molar-refractivity contribution in [2.75, 3.05) is 19.9 Å². The van der Waals surface area contributed by atoms with Crippen LogP contribution in [-0.4, -0.2) is 20.1 Å². The Kier molecular flexibility index (Phi) is 4.66. The highest BCUT2D eigenvalue weighted by Crippen LogP contribution is 2.24. The molecule has 110 valence electrons. The molecule has 0 unspecified atom stereocenters. The van der Waals surface area contributed by atoms with Crippen molar-refractivity contribution in [2.45, 2.75) is 6.61 Å². The number of methoxy groups -OCH3 is 1. The van der Waals surface area contributed by atoms with Gasteiger partial charge in [-0.3, -0.25) is 4.79 Å². The lowest BCUT2D eigenvalue weighted by Gasteiger charge is -2.11. The molecule has 3 N–H and O–H groups in total. The zero-order chi connectivity index (χ0) is 15.2. The molecule has 0 bridgehead atoms. The van der Waals surface area contributed by atoms with Crippen molar-refractivity contribution in [1.29, 1.82) is 0 Å². The molecule has 0 aliphatic rings. The van der Waals surface area contributed by atoms with Crippen LogP contribution < -0.4 is 20.5 Å². The summed E-state index contributed by atoms with van der Waals surface area (Å²) in [5.74, 6) is 1.14. The first kappa shape index (κ1) is 14.7. The Morgan fingerprint density at radius 1 is 1.24 bits per heavy atom. The predicted octanol–water partition coefficient (Wildman–Crippen LogP) is 2.22. The van der Waals surface area contributed by atoms with E-state index in [1.807, 2.05) is 24.3 Å². The zero-order valence-corrected chi connectivity index (χ0v) is 12.1. The smallest absolute Gasteiger partial charge is 0.251 e. The fourth-order valence-electron chi connectivity index (χ4n) is 1.89. The van der Waals surface area contributed by atoms with Gasteiger partial charge in [0.15, 0.2) is 0 Å². The number of nitrogens with two attached hydrogens (primary N) is 1. The predicted molar refractivity (Wildman–Crippen MR) is 81.6 cm³/mol. The Balaban J connectivity index is 2.07. The second kappa shape index (κ2) is 6.65. The molecule has 0 spiro atoms. The van der Waals surface area contributed by atoms with Gasteiger partial charge in [0.05, 0.1) is 12.8 Å². The molecule has 0 saturated carbocycles. The van der Waals surface area contributed by atoms with Crippen molar-refractivity contribution in [3.05, 3.63) is 53.6 Å². The third kappa shape index (κ3) is 3.66. The van der Waals surface area contributed by atoms with Gasteiger partial charge in [0.2, 0.25) is 0 Å². The molecular formula is C16H18N2O3. The third-order valence-electron chi connectivity index (χ3n) is 3.03. The largest absolute Gasteiger partial charge is 0.497 e. The maximum Gasteiger partial charge on any atom is 0.251 e. The Bertz CT molecular complexity index is 641. The summed E-state index contributed by atoms with van der Waals surface area (Å²) >= 11 is 0. The Morgan fingerprint density at radius 3 is 2.71 bits per heavy atom. The van der Waals surface area contributed by atoms with Gasteiger partial charge in [-0.25, -0.2) is 0 Å². The molecule has 0 heterocycles. The molecule has 0 aliphatic heterocycles. The molecule has 0 atom stereocenters. The Morgan fingerprint density at radius 2 is 2.05 bits per heavy atom. The molecule has 0 aliphatic carbocycles. The normalized spacial score (nSPS) is 10.0. The van der Waals surface area contributed by atoms with Crippen LogP contribution in [0.4, 0.5) is 5.69 Å². The second-order valence-electron chi connectivity index (χ2n) is 4.47. The van der Waals surface area contributed by atoms with Crippen LogP contribution in [0.15, 0.2) is 42.5 Å². The highest BCUT2D eigenvalue weighted by Gasteiger charge is 2.07. The highest BCUT2D eigenvalue weighted by atomic mass is 16.5. The fourth-order valence-corrected chi connectivity index (χ4v) is 1.89. The van der Waals surface area contributed by atoms with Crippen LogP contribution in [0.3, 0.4) is 0 Å². The summed E-state index contributed by atoms with van der Waals surface area (Å²) in [6, 6.07) is 12.6. The van der Waals surface area contributed by atoms with E-state index in [0.717, 1.165) is 11.3 Å². The van der Waals surface area contributed by atoms with Gasteiger partial charge in [-0.15, -0.1) is 0 Å². The number of nitrogens with one attached hydrogen (secondary N) is 1. The SMILES string of the molecule is CNC(=O)c1ccc(OCc2cccc(OC)c2)c(N)c1. The van der Waals surface area contributed by atoms with Gasteiger partial charge >= 0.3 is 0 Å². The average Bonchev–Trinajstić information content (AvgIpc) is 2.53. The van der Waals surface area contributed by atoms with Crippen LogP contribution in [-0.2, 0) is 6.61 Å². The molecule has 0 radical (unpaired) electrons. The number of amides is 1. The molecule has 1 amide bonds. The van der Waals surface area contributed by atoms with Crippen molar-refractivity contribution in [3.8, 4) is 11.5 Å². The van der Waals surface area contributed by atoms with E-state index in [-0.39, 0.29) is 5.91 Å². The van der Waals surface area contributed by atoms with Crippen LogP contribution in [0, 0.1) is 0 Å². The minimum absolute atomic E-state index is 0.180. The summed E-state index contributed by atoms with van der Waals surface area (Å²) in [7, 11) is 3.20. The number of hydrogen-bond acceptors (Lipinski definition) is 4. The fraction of sp³-hybridized carbons (Fsp3) is 0.188. The van der Waals surface area contributed by atoms with E-state index in [9.17, 15) is 4.79 Å². The van der Waals surface area contributed by atoms with Crippen LogP contribution in [0.1, 0.15) is 15.9 Å². The molecule has 5 heteroatoms. The lowest BCUT2D eigenvalue weighted by atomic mass is 10.1. The molecule has 2 aromatic rings. The average molecular weight is 286 g/mol. The van der Waals surface area contributed by atoms with Crippen molar-refractivity contribution in [3.63, 3.8) is 0 Å². The van der Waals surface area contributed by atoms with Gasteiger partial charge in [0, 0.05) is 12.6 Å². The molecule has 2 rings (SSSR count). The second-order valence-corrected chi connectivity index (χ2v) is 4.47. The van der Waals surface area contributed by atoms with Crippen molar-refractivity contribution < 1.29 is 14.3 Å². The molecule has 2 aromatic carbocycles. The number of nitrogen functional groups attached to an aromatic ring is 1. The minimum Gasteiger partial charge on any atom is -0.497 e. The van der Waals surface area contributed by atoms with E-state index in [2.05, 4.69) is 5.32 Å². The van der Waals surface area contributed by atoms with Crippen LogP contribution in [0.2, 0.25) is 0 Å². The Labute approximate surface area is 123 Å².